The lowest BCUT2D eigenvalue weighted by atomic mass is 10.2. The average molecular weight is 270 g/mol. The van der Waals surface area contributed by atoms with Crippen LogP contribution in [-0.4, -0.2) is 29.6 Å². The molecule has 1 aliphatic heterocycles. The highest BCUT2D eigenvalue weighted by molar-refractivity contribution is 5.99. The van der Waals surface area contributed by atoms with E-state index in [1.807, 2.05) is 0 Å². The van der Waals surface area contributed by atoms with Crippen molar-refractivity contribution in [2.45, 2.75) is 20.3 Å². The molecule has 19 heavy (non-hydrogen) atoms. The fraction of sp³-hybridized carbons (Fsp3) is 0.333. The van der Waals surface area contributed by atoms with E-state index in [1.165, 1.54) is 11.1 Å². The Morgan fingerprint density at radius 2 is 2.26 bits per heavy atom. The first kappa shape index (κ1) is 15.0. The zero-order chi connectivity index (χ0) is 14.6. The third kappa shape index (κ3) is 3.72. The van der Waals surface area contributed by atoms with Crippen molar-refractivity contribution >= 4 is 11.6 Å². The van der Waals surface area contributed by atoms with E-state index in [4.69, 9.17) is 5.84 Å². The third-order valence-electron chi connectivity index (χ3n) is 2.41. The van der Waals surface area contributed by atoms with E-state index in [2.05, 4.69) is 16.9 Å². The molecule has 1 aliphatic rings. The van der Waals surface area contributed by atoms with Crippen LogP contribution in [0.1, 0.15) is 13.8 Å². The van der Waals surface area contributed by atoms with Crippen LogP contribution < -0.4 is 11.2 Å². The van der Waals surface area contributed by atoms with Crippen LogP contribution in [0.25, 0.3) is 0 Å². The van der Waals surface area contributed by atoms with Crippen LogP contribution in [0.4, 0.5) is 8.78 Å². The molecule has 0 atom stereocenters. The second kappa shape index (κ2) is 6.24. The number of aliphatic imine (C=N–C) groups is 1. The van der Waals surface area contributed by atoms with E-state index in [0.29, 0.717) is 11.4 Å². The molecule has 0 spiro atoms. The fourth-order valence-electron chi connectivity index (χ4n) is 1.53. The molecule has 5 nitrogen and oxygen atoms in total. The maximum Gasteiger partial charge on any atom is 0.255 e. The largest absolute Gasteiger partial charge is 0.346 e. The van der Waals surface area contributed by atoms with Gasteiger partial charge in [-0.05, 0) is 19.9 Å². The number of nitrogens with zero attached hydrogens (tertiary/aromatic N) is 2. The Bertz CT molecular complexity index is 480. The summed E-state index contributed by atoms with van der Waals surface area (Å²) in [4.78, 5) is 15.9. The maximum atomic E-state index is 12.1. The number of allylic oxidation sites excluding steroid dienone is 2. The first-order chi connectivity index (χ1) is 8.86. The number of nitrogens with two attached hydrogens (primary N) is 1. The van der Waals surface area contributed by atoms with E-state index in [0.717, 1.165) is 0 Å². The molecule has 0 fully saturated rings. The van der Waals surface area contributed by atoms with E-state index in [-0.39, 0.29) is 11.4 Å². The van der Waals surface area contributed by atoms with Crippen LogP contribution in [0.15, 0.2) is 40.8 Å². The molecule has 0 saturated heterocycles. The molecule has 1 heterocycles. The van der Waals surface area contributed by atoms with Gasteiger partial charge in [0.2, 0.25) is 0 Å². The lowest BCUT2D eigenvalue weighted by molar-refractivity contribution is -0.117. The van der Waals surface area contributed by atoms with Crippen LogP contribution in [0, 0.1) is 0 Å². The molecule has 0 aromatic carbocycles. The van der Waals surface area contributed by atoms with Gasteiger partial charge in [0.05, 0.1) is 12.1 Å². The summed E-state index contributed by atoms with van der Waals surface area (Å²) in [6.45, 7) is 6.25. The Morgan fingerprint density at radius 3 is 2.79 bits per heavy atom. The van der Waals surface area contributed by atoms with Gasteiger partial charge in [-0.15, -0.1) is 0 Å². The van der Waals surface area contributed by atoms with Crippen molar-refractivity contribution in [1.29, 1.82) is 0 Å². The Labute approximate surface area is 110 Å². The van der Waals surface area contributed by atoms with E-state index in [9.17, 15) is 13.6 Å². The van der Waals surface area contributed by atoms with Crippen LogP contribution >= 0.6 is 0 Å². The summed E-state index contributed by atoms with van der Waals surface area (Å²) in [5, 5.41) is 3.31. The highest BCUT2D eigenvalue weighted by Crippen LogP contribution is 2.19. The Hall–Kier alpha value is -2.02. The molecular weight excluding hydrogens is 254 g/mol. The van der Waals surface area contributed by atoms with Crippen molar-refractivity contribution in [2.75, 3.05) is 6.54 Å². The van der Waals surface area contributed by atoms with Crippen molar-refractivity contribution in [3.05, 3.63) is 35.8 Å². The zero-order valence-electron chi connectivity index (χ0n) is 10.8. The number of halogens is 2. The zero-order valence-corrected chi connectivity index (χ0v) is 10.8. The van der Waals surface area contributed by atoms with Crippen molar-refractivity contribution in [3.8, 4) is 0 Å². The van der Waals surface area contributed by atoms with E-state index >= 15 is 0 Å². The van der Waals surface area contributed by atoms with Gasteiger partial charge in [0.25, 0.3) is 12.3 Å². The lowest BCUT2D eigenvalue weighted by Crippen LogP contribution is -2.35. The predicted molar refractivity (Wildman–Crippen MR) is 69.1 cm³/mol. The SMILES string of the molecule is C=C/C(C(=O)NCC(F)F)=C1/N=C(C)C=C(C)N1N. The minimum Gasteiger partial charge on any atom is -0.346 e. The second-order valence-electron chi connectivity index (χ2n) is 3.95. The molecule has 104 valence electrons. The molecule has 3 N–H and O–H groups in total. The normalized spacial score (nSPS) is 17.9. The summed E-state index contributed by atoms with van der Waals surface area (Å²) in [6.07, 6.45) is 0.361. The topological polar surface area (TPSA) is 70.7 Å². The highest BCUT2D eigenvalue weighted by atomic mass is 19.3. The standard InChI is InChI=1S/C12H16F2N4O/c1-4-9(12(19)16-6-10(13)14)11-17-7(2)5-8(3)18(11)15/h4-5,10H,1,6,15H2,2-3H3,(H,16,19)/b11-9+. The van der Waals surface area contributed by atoms with Crippen LogP contribution in [0.3, 0.4) is 0 Å². The van der Waals surface area contributed by atoms with Gasteiger partial charge in [0.1, 0.15) is 0 Å². The molecule has 0 bridgehead atoms. The number of hydrogen-bond acceptors (Lipinski definition) is 4. The van der Waals surface area contributed by atoms with Crippen molar-refractivity contribution in [3.63, 3.8) is 0 Å². The highest BCUT2D eigenvalue weighted by Gasteiger charge is 2.20. The van der Waals surface area contributed by atoms with Crippen LogP contribution in [0.2, 0.25) is 0 Å². The van der Waals surface area contributed by atoms with Gasteiger partial charge < -0.3 is 5.32 Å². The number of nitrogens with one attached hydrogen (secondary N) is 1. The van der Waals surface area contributed by atoms with Crippen molar-refractivity contribution in [2.24, 2.45) is 10.8 Å². The van der Waals surface area contributed by atoms with Gasteiger partial charge in [-0.2, -0.15) is 0 Å². The first-order valence-corrected chi connectivity index (χ1v) is 5.58. The number of alkyl halides is 2. The van der Waals surface area contributed by atoms with Crippen LogP contribution in [0.5, 0.6) is 0 Å². The smallest absolute Gasteiger partial charge is 0.255 e. The quantitative estimate of drug-likeness (QED) is 0.598. The molecule has 1 amide bonds. The lowest BCUT2D eigenvalue weighted by Gasteiger charge is -2.25. The molecule has 0 aromatic rings. The predicted octanol–water partition coefficient (Wildman–Crippen LogP) is 1.32. The number of rotatable bonds is 4. The van der Waals surface area contributed by atoms with Gasteiger partial charge >= 0.3 is 0 Å². The Balaban J connectivity index is 3.06. The fourth-order valence-corrected chi connectivity index (χ4v) is 1.53. The number of carbonyl (C=O) groups excluding carboxylic acids is 1. The molecule has 1 rings (SSSR count). The number of hydrazine groups is 1. The van der Waals surface area contributed by atoms with E-state index < -0.39 is 18.9 Å². The van der Waals surface area contributed by atoms with E-state index in [1.54, 1.807) is 19.9 Å². The molecule has 7 heteroatoms. The summed E-state index contributed by atoms with van der Waals surface area (Å²) >= 11 is 0. The number of hydrogen-bond donors (Lipinski definition) is 2. The van der Waals surface area contributed by atoms with Gasteiger partial charge in [0, 0.05) is 11.4 Å². The molecule has 0 unspecified atom stereocenters. The second-order valence-corrected chi connectivity index (χ2v) is 3.95. The summed E-state index contributed by atoms with van der Waals surface area (Å²) in [6, 6.07) is 0. The van der Waals surface area contributed by atoms with Gasteiger partial charge in [-0.25, -0.2) is 19.6 Å². The maximum absolute atomic E-state index is 12.1. The summed E-state index contributed by atoms with van der Waals surface area (Å²) < 4.78 is 24.2. The molecule has 0 saturated carbocycles. The molecule has 0 radical (unpaired) electrons. The Kier molecular flexibility index (Phi) is 4.94. The van der Waals surface area contributed by atoms with Crippen LogP contribution in [-0.2, 0) is 4.79 Å². The first-order valence-electron chi connectivity index (χ1n) is 5.58. The molecule has 0 aromatic heterocycles. The minimum atomic E-state index is -2.62. The van der Waals surface area contributed by atoms with Gasteiger partial charge in [-0.3, -0.25) is 9.80 Å². The summed E-state index contributed by atoms with van der Waals surface area (Å²) in [5.74, 6) is 5.27. The third-order valence-corrected chi connectivity index (χ3v) is 2.41. The molecule has 0 aliphatic carbocycles. The average Bonchev–Trinajstić information content (AvgIpc) is 2.33. The minimum absolute atomic E-state index is 0.0509. The van der Waals surface area contributed by atoms with Gasteiger partial charge in [0.15, 0.2) is 5.82 Å². The summed E-state index contributed by atoms with van der Waals surface area (Å²) in [5.41, 5.74) is 1.40. The van der Waals surface area contributed by atoms with Gasteiger partial charge in [-0.1, -0.05) is 12.7 Å². The monoisotopic (exact) mass is 270 g/mol. The summed E-state index contributed by atoms with van der Waals surface area (Å²) in [7, 11) is 0. The number of carbonyl (C=O) groups is 1. The Morgan fingerprint density at radius 1 is 1.63 bits per heavy atom. The van der Waals surface area contributed by atoms with Crippen molar-refractivity contribution < 1.29 is 13.6 Å². The number of amides is 1. The van der Waals surface area contributed by atoms with Crippen molar-refractivity contribution in [1.82, 2.24) is 10.3 Å². The molecular formula is C12H16F2N4O.